The molecule has 0 bridgehead atoms. The summed E-state index contributed by atoms with van der Waals surface area (Å²) in [6, 6.07) is 3.28. The van der Waals surface area contributed by atoms with Crippen LogP contribution in [0.4, 0.5) is 5.82 Å². The second-order valence-electron chi connectivity index (χ2n) is 3.63. The van der Waals surface area contributed by atoms with E-state index in [1.807, 2.05) is 0 Å². The molecule has 2 aromatic rings. The van der Waals surface area contributed by atoms with Crippen LogP contribution in [0.2, 0.25) is 0 Å². The molecule has 6 heteroatoms. The quantitative estimate of drug-likeness (QED) is 0.776. The van der Waals surface area contributed by atoms with Crippen molar-refractivity contribution in [2.75, 3.05) is 19.0 Å². The number of esters is 1. The predicted molar refractivity (Wildman–Crippen MR) is 66.4 cm³/mol. The highest BCUT2D eigenvalue weighted by Gasteiger charge is 2.06. The number of imidazole rings is 1. The van der Waals surface area contributed by atoms with Gasteiger partial charge in [-0.1, -0.05) is 0 Å². The third kappa shape index (κ3) is 3.07. The smallest absolute Gasteiger partial charge is 0.338 e. The Kier molecular flexibility index (Phi) is 3.90. The first-order valence-corrected chi connectivity index (χ1v) is 5.56. The van der Waals surface area contributed by atoms with Crippen molar-refractivity contribution >= 4 is 11.8 Å². The Morgan fingerprint density at radius 1 is 1.44 bits per heavy atom. The molecule has 0 aliphatic carbocycles. The number of pyridine rings is 1. The number of carbonyl (C=O) groups is 1. The van der Waals surface area contributed by atoms with Gasteiger partial charge in [0.2, 0.25) is 0 Å². The number of hydrogen-bond acceptors (Lipinski definition) is 5. The van der Waals surface area contributed by atoms with Crippen molar-refractivity contribution in [1.82, 2.24) is 15.0 Å². The van der Waals surface area contributed by atoms with Crippen LogP contribution in [0.25, 0.3) is 0 Å². The van der Waals surface area contributed by atoms with Crippen LogP contribution < -0.4 is 5.32 Å². The van der Waals surface area contributed by atoms with E-state index < -0.39 is 0 Å². The SMILES string of the molecule is COC(=O)c1ccnc(NCCc2ncc[nH]2)c1. The molecule has 0 radical (unpaired) electrons. The van der Waals surface area contributed by atoms with Gasteiger partial charge in [0, 0.05) is 31.6 Å². The van der Waals surface area contributed by atoms with Crippen molar-refractivity contribution in [2.45, 2.75) is 6.42 Å². The summed E-state index contributed by atoms with van der Waals surface area (Å²) in [6.07, 6.45) is 5.83. The first-order chi connectivity index (χ1) is 8.79. The van der Waals surface area contributed by atoms with Crippen molar-refractivity contribution in [2.24, 2.45) is 0 Å². The molecule has 0 aliphatic heterocycles. The van der Waals surface area contributed by atoms with E-state index in [4.69, 9.17) is 0 Å². The number of anilines is 1. The maximum Gasteiger partial charge on any atom is 0.338 e. The number of aromatic nitrogens is 3. The van der Waals surface area contributed by atoms with E-state index in [1.54, 1.807) is 30.7 Å². The van der Waals surface area contributed by atoms with Crippen LogP contribution in [0.5, 0.6) is 0 Å². The first-order valence-electron chi connectivity index (χ1n) is 5.56. The molecule has 0 unspecified atom stereocenters. The van der Waals surface area contributed by atoms with Crippen LogP contribution >= 0.6 is 0 Å². The lowest BCUT2D eigenvalue weighted by Gasteiger charge is -2.05. The minimum Gasteiger partial charge on any atom is -0.465 e. The van der Waals surface area contributed by atoms with E-state index in [9.17, 15) is 4.79 Å². The minimum absolute atomic E-state index is 0.369. The lowest BCUT2D eigenvalue weighted by Crippen LogP contribution is -2.09. The molecule has 2 aromatic heterocycles. The summed E-state index contributed by atoms with van der Waals surface area (Å²) in [5, 5.41) is 3.12. The third-order valence-corrected chi connectivity index (χ3v) is 2.40. The molecule has 18 heavy (non-hydrogen) atoms. The van der Waals surface area contributed by atoms with Crippen molar-refractivity contribution < 1.29 is 9.53 Å². The molecule has 0 spiro atoms. The molecule has 2 heterocycles. The summed E-state index contributed by atoms with van der Waals surface area (Å²) in [5.74, 6) is 1.18. The number of rotatable bonds is 5. The van der Waals surface area contributed by atoms with Gasteiger partial charge in [0.05, 0.1) is 12.7 Å². The van der Waals surface area contributed by atoms with Gasteiger partial charge < -0.3 is 15.0 Å². The maximum atomic E-state index is 11.3. The van der Waals surface area contributed by atoms with Gasteiger partial charge in [0.25, 0.3) is 0 Å². The molecule has 0 saturated carbocycles. The lowest BCUT2D eigenvalue weighted by molar-refractivity contribution is 0.0600. The average molecular weight is 246 g/mol. The van der Waals surface area contributed by atoms with Crippen LogP contribution in [-0.4, -0.2) is 34.6 Å². The van der Waals surface area contributed by atoms with Crippen LogP contribution in [0, 0.1) is 0 Å². The molecule has 0 amide bonds. The molecule has 0 atom stereocenters. The summed E-state index contributed by atoms with van der Waals surface area (Å²) in [5.41, 5.74) is 0.480. The van der Waals surface area contributed by atoms with Gasteiger partial charge in [-0.3, -0.25) is 0 Å². The number of ether oxygens (including phenoxy) is 1. The Labute approximate surface area is 104 Å². The fourth-order valence-corrected chi connectivity index (χ4v) is 1.52. The first kappa shape index (κ1) is 12.1. The number of aromatic amines is 1. The number of nitrogens with zero attached hydrogens (tertiary/aromatic N) is 2. The highest BCUT2D eigenvalue weighted by atomic mass is 16.5. The zero-order valence-corrected chi connectivity index (χ0v) is 10.0. The average Bonchev–Trinajstić information content (AvgIpc) is 2.91. The second-order valence-corrected chi connectivity index (χ2v) is 3.63. The predicted octanol–water partition coefficient (Wildman–Crippen LogP) is 1.25. The van der Waals surface area contributed by atoms with Crippen LogP contribution in [-0.2, 0) is 11.2 Å². The zero-order chi connectivity index (χ0) is 12.8. The summed E-state index contributed by atoms with van der Waals surface area (Å²) < 4.78 is 4.65. The molecule has 0 aliphatic rings. The van der Waals surface area contributed by atoms with E-state index in [2.05, 4.69) is 25.0 Å². The monoisotopic (exact) mass is 246 g/mol. The number of nitrogens with one attached hydrogen (secondary N) is 2. The van der Waals surface area contributed by atoms with Crippen LogP contribution in [0.15, 0.2) is 30.7 Å². The number of hydrogen-bond donors (Lipinski definition) is 2. The molecule has 6 nitrogen and oxygen atoms in total. The Hall–Kier alpha value is -2.37. The minimum atomic E-state index is -0.369. The maximum absolute atomic E-state index is 11.3. The van der Waals surface area contributed by atoms with Crippen molar-refractivity contribution in [3.8, 4) is 0 Å². The van der Waals surface area contributed by atoms with Gasteiger partial charge >= 0.3 is 5.97 Å². The summed E-state index contributed by atoms with van der Waals surface area (Å²) in [6.45, 7) is 0.686. The van der Waals surface area contributed by atoms with Crippen molar-refractivity contribution in [3.63, 3.8) is 0 Å². The summed E-state index contributed by atoms with van der Waals surface area (Å²) >= 11 is 0. The highest BCUT2D eigenvalue weighted by molar-refractivity contribution is 5.89. The van der Waals surface area contributed by atoms with Crippen LogP contribution in [0.3, 0.4) is 0 Å². The Balaban J connectivity index is 1.91. The van der Waals surface area contributed by atoms with Gasteiger partial charge in [-0.05, 0) is 12.1 Å². The van der Waals surface area contributed by atoms with E-state index in [-0.39, 0.29) is 5.97 Å². The van der Waals surface area contributed by atoms with Gasteiger partial charge in [0.15, 0.2) is 0 Å². The standard InChI is InChI=1S/C12H14N4O2/c1-18-12(17)9-2-4-13-11(8-9)14-5-3-10-15-6-7-16-10/h2,4,6-8H,3,5H2,1H3,(H,13,14)(H,15,16). The molecular weight excluding hydrogens is 232 g/mol. The van der Waals surface area contributed by atoms with E-state index >= 15 is 0 Å². The third-order valence-electron chi connectivity index (χ3n) is 2.40. The number of H-pyrrole nitrogens is 1. The van der Waals surface area contributed by atoms with E-state index in [0.717, 1.165) is 12.2 Å². The normalized spacial score (nSPS) is 10.1. The fourth-order valence-electron chi connectivity index (χ4n) is 1.52. The van der Waals surface area contributed by atoms with Crippen molar-refractivity contribution in [3.05, 3.63) is 42.1 Å². The van der Waals surface area contributed by atoms with Gasteiger partial charge in [0.1, 0.15) is 11.6 Å². The summed E-state index contributed by atoms with van der Waals surface area (Å²) in [4.78, 5) is 22.6. The van der Waals surface area contributed by atoms with Crippen molar-refractivity contribution in [1.29, 1.82) is 0 Å². The zero-order valence-electron chi connectivity index (χ0n) is 10.0. The van der Waals surface area contributed by atoms with E-state index in [0.29, 0.717) is 17.9 Å². The Bertz CT molecular complexity index is 511. The molecular formula is C12H14N4O2. The van der Waals surface area contributed by atoms with Gasteiger partial charge in [-0.15, -0.1) is 0 Å². The molecule has 2 N–H and O–H groups in total. The molecule has 0 fully saturated rings. The second kappa shape index (κ2) is 5.81. The largest absolute Gasteiger partial charge is 0.465 e. The topological polar surface area (TPSA) is 79.9 Å². The fraction of sp³-hybridized carbons (Fsp3) is 0.250. The molecule has 2 rings (SSSR count). The molecule has 94 valence electrons. The Morgan fingerprint density at radius 3 is 3.06 bits per heavy atom. The lowest BCUT2D eigenvalue weighted by atomic mass is 10.2. The highest BCUT2D eigenvalue weighted by Crippen LogP contribution is 2.07. The number of carbonyl (C=O) groups excluding carboxylic acids is 1. The summed E-state index contributed by atoms with van der Waals surface area (Å²) in [7, 11) is 1.35. The Morgan fingerprint density at radius 2 is 2.33 bits per heavy atom. The van der Waals surface area contributed by atoms with Gasteiger partial charge in [-0.25, -0.2) is 14.8 Å². The number of methoxy groups -OCH3 is 1. The molecule has 0 aromatic carbocycles. The van der Waals surface area contributed by atoms with E-state index in [1.165, 1.54) is 7.11 Å². The van der Waals surface area contributed by atoms with Crippen LogP contribution in [0.1, 0.15) is 16.2 Å². The molecule has 0 saturated heterocycles. The van der Waals surface area contributed by atoms with Gasteiger partial charge in [-0.2, -0.15) is 0 Å².